The Bertz CT molecular complexity index is 1050. The maximum absolute atomic E-state index is 12.8. The minimum atomic E-state index is -1.05. The van der Waals surface area contributed by atoms with Gasteiger partial charge in [0, 0.05) is 12.1 Å². The molecule has 0 unspecified atom stereocenters. The summed E-state index contributed by atoms with van der Waals surface area (Å²) in [7, 11) is 0. The van der Waals surface area contributed by atoms with Crippen LogP contribution < -0.4 is 0 Å². The molecule has 9 nitrogen and oxygen atoms in total. The molecule has 2 aromatic carbocycles. The first-order chi connectivity index (χ1) is 15.9. The zero-order chi connectivity index (χ0) is 23.8. The number of tetrazole rings is 1. The summed E-state index contributed by atoms with van der Waals surface area (Å²) < 4.78 is 5.35. The number of nitrogens with one attached hydrogen (secondary N) is 1. The topological polar surface area (TPSA) is 121 Å². The van der Waals surface area contributed by atoms with E-state index in [0.29, 0.717) is 5.82 Å². The molecule has 0 radical (unpaired) electrons. The Morgan fingerprint density at radius 3 is 2.36 bits per heavy atom. The molecule has 1 heterocycles. The van der Waals surface area contributed by atoms with Gasteiger partial charge in [0.2, 0.25) is 5.82 Å². The van der Waals surface area contributed by atoms with Crippen molar-refractivity contribution in [2.24, 2.45) is 5.92 Å². The van der Waals surface area contributed by atoms with Crippen LogP contribution >= 0.6 is 0 Å². The number of aromatic amines is 1. The number of amides is 1. The van der Waals surface area contributed by atoms with Crippen molar-refractivity contribution in [3.05, 3.63) is 54.1 Å². The molecule has 0 bridgehead atoms. The van der Waals surface area contributed by atoms with E-state index in [0.717, 1.165) is 35.1 Å². The first-order valence-corrected chi connectivity index (χ1v) is 11.0. The quantitative estimate of drug-likeness (QED) is 0.439. The van der Waals surface area contributed by atoms with Crippen LogP contribution in [0.25, 0.3) is 22.5 Å². The summed E-state index contributed by atoms with van der Waals surface area (Å²) in [6.45, 7) is 5.96. The van der Waals surface area contributed by atoms with E-state index >= 15 is 0 Å². The molecule has 33 heavy (non-hydrogen) atoms. The average molecular weight is 452 g/mol. The number of aromatic nitrogens is 4. The fourth-order valence-corrected chi connectivity index (χ4v) is 3.63. The molecule has 0 spiro atoms. The average Bonchev–Trinajstić information content (AvgIpc) is 3.33. The number of H-pyrrole nitrogens is 1. The fourth-order valence-electron chi connectivity index (χ4n) is 3.63. The third kappa shape index (κ3) is 5.94. The van der Waals surface area contributed by atoms with E-state index in [1.165, 1.54) is 4.90 Å². The molecule has 0 aliphatic heterocycles. The first-order valence-electron chi connectivity index (χ1n) is 11.0. The second-order valence-electron chi connectivity index (χ2n) is 8.10. The van der Waals surface area contributed by atoms with Gasteiger partial charge in [-0.25, -0.2) is 9.59 Å². The van der Waals surface area contributed by atoms with Crippen LogP contribution in [0, 0.1) is 5.92 Å². The standard InChI is InChI=1S/C24H29N5O4/c1-4-5-14-33-24(32)29(21(16(2)3)23(30)31)15-17-10-12-18(13-11-17)19-8-6-7-9-20(19)22-25-27-28-26-22/h6-13,16,21H,4-5,14-15H2,1-3H3,(H,30,31)(H,25,26,27,28)/t21-/m0/s1. The molecule has 0 saturated carbocycles. The lowest BCUT2D eigenvalue weighted by molar-refractivity contribution is -0.144. The number of nitrogens with zero attached hydrogens (tertiary/aromatic N) is 4. The van der Waals surface area contributed by atoms with Gasteiger partial charge in [-0.3, -0.25) is 4.90 Å². The molecular formula is C24H29N5O4. The van der Waals surface area contributed by atoms with Gasteiger partial charge >= 0.3 is 12.1 Å². The Kier molecular flexibility index (Phi) is 8.12. The minimum absolute atomic E-state index is 0.132. The number of carboxylic acids is 1. The maximum Gasteiger partial charge on any atom is 0.410 e. The van der Waals surface area contributed by atoms with Gasteiger partial charge in [-0.1, -0.05) is 75.7 Å². The van der Waals surface area contributed by atoms with Gasteiger partial charge in [-0.15, -0.1) is 10.2 Å². The molecule has 2 N–H and O–H groups in total. The number of carbonyl (C=O) groups excluding carboxylic acids is 1. The second-order valence-corrected chi connectivity index (χ2v) is 8.10. The Hall–Kier alpha value is -3.75. The van der Waals surface area contributed by atoms with Gasteiger partial charge in [0.1, 0.15) is 6.04 Å². The summed E-state index contributed by atoms with van der Waals surface area (Å²) in [6.07, 6.45) is 0.996. The van der Waals surface area contributed by atoms with Crippen molar-refractivity contribution < 1.29 is 19.4 Å². The van der Waals surface area contributed by atoms with E-state index in [-0.39, 0.29) is 19.1 Å². The van der Waals surface area contributed by atoms with Crippen LogP contribution in [0.2, 0.25) is 0 Å². The molecule has 174 valence electrons. The van der Waals surface area contributed by atoms with Crippen LogP contribution in [-0.4, -0.2) is 55.3 Å². The summed E-state index contributed by atoms with van der Waals surface area (Å²) >= 11 is 0. The van der Waals surface area contributed by atoms with Gasteiger partial charge in [0.05, 0.1) is 6.61 Å². The molecule has 1 aromatic heterocycles. The lowest BCUT2D eigenvalue weighted by Crippen LogP contribution is -2.47. The van der Waals surface area contributed by atoms with Crippen molar-refractivity contribution in [2.45, 2.75) is 46.2 Å². The van der Waals surface area contributed by atoms with E-state index in [9.17, 15) is 14.7 Å². The maximum atomic E-state index is 12.8. The third-order valence-electron chi connectivity index (χ3n) is 5.31. The van der Waals surface area contributed by atoms with Crippen LogP contribution in [0.1, 0.15) is 39.2 Å². The summed E-state index contributed by atoms with van der Waals surface area (Å²) in [5, 5.41) is 24.0. The Balaban J connectivity index is 1.85. The number of benzene rings is 2. The Morgan fingerprint density at radius 2 is 1.79 bits per heavy atom. The van der Waals surface area contributed by atoms with Gasteiger partial charge in [0.25, 0.3) is 0 Å². The minimum Gasteiger partial charge on any atom is -0.480 e. The van der Waals surface area contributed by atoms with Crippen molar-refractivity contribution in [3.63, 3.8) is 0 Å². The summed E-state index contributed by atoms with van der Waals surface area (Å²) in [4.78, 5) is 26.0. The second kappa shape index (κ2) is 11.2. The van der Waals surface area contributed by atoms with E-state index < -0.39 is 18.1 Å². The fraction of sp³-hybridized carbons (Fsp3) is 0.375. The SMILES string of the molecule is CCCCOC(=O)N(Cc1ccc(-c2ccccc2-c2nn[nH]n2)cc1)[C@H](C(=O)O)C(C)C. The van der Waals surface area contributed by atoms with Crippen LogP contribution in [0.4, 0.5) is 4.79 Å². The Morgan fingerprint density at radius 1 is 1.09 bits per heavy atom. The van der Waals surface area contributed by atoms with E-state index in [4.69, 9.17) is 4.74 Å². The van der Waals surface area contributed by atoms with Crippen LogP contribution in [0.15, 0.2) is 48.5 Å². The monoisotopic (exact) mass is 451 g/mol. The third-order valence-corrected chi connectivity index (χ3v) is 5.31. The highest BCUT2D eigenvalue weighted by atomic mass is 16.6. The number of hydrogen-bond acceptors (Lipinski definition) is 6. The van der Waals surface area contributed by atoms with Crippen molar-refractivity contribution in [1.29, 1.82) is 0 Å². The molecule has 1 amide bonds. The van der Waals surface area contributed by atoms with Gasteiger partial charge in [-0.2, -0.15) is 5.21 Å². The number of carbonyl (C=O) groups is 2. The van der Waals surface area contributed by atoms with Crippen LogP contribution in [-0.2, 0) is 16.1 Å². The van der Waals surface area contributed by atoms with Crippen molar-refractivity contribution in [2.75, 3.05) is 6.61 Å². The largest absolute Gasteiger partial charge is 0.480 e. The normalized spacial score (nSPS) is 11.9. The molecular weight excluding hydrogens is 422 g/mol. The molecule has 9 heteroatoms. The smallest absolute Gasteiger partial charge is 0.410 e. The van der Waals surface area contributed by atoms with Gasteiger partial charge in [0.15, 0.2) is 0 Å². The summed E-state index contributed by atoms with van der Waals surface area (Å²) in [5.41, 5.74) is 3.52. The zero-order valence-electron chi connectivity index (χ0n) is 19.1. The molecule has 3 rings (SSSR count). The number of carboxylic acid groups (broad SMARTS) is 1. The summed E-state index contributed by atoms with van der Waals surface area (Å²) in [5.74, 6) is -0.831. The number of aliphatic carboxylic acids is 1. The van der Waals surface area contributed by atoms with Crippen LogP contribution in [0.3, 0.4) is 0 Å². The molecule has 1 atom stereocenters. The van der Waals surface area contributed by atoms with E-state index in [1.807, 2.05) is 55.5 Å². The first kappa shape index (κ1) is 23.9. The lowest BCUT2D eigenvalue weighted by atomic mass is 9.97. The van der Waals surface area contributed by atoms with Crippen LogP contribution in [0.5, 0.6) is 0 Å². The van der Waals surface area contributed by atoms with Crippen molar-refractivity contribution >= 4 is 12.1 Å². The van der Waals surface area contributed by atoms with Gasteiger partial charge < -0.3 is 9.84 Å². The van der Waals surface area contributed by atoms with Gasteiger partial charge in [-0.05, 0) is 34.2 Å². The Labute approximate surface area is 192 Å². The highest BCUT2D eigenvalue weighted by molar-refractivity contribution is 5.81. The van der Waals surface area contributed by atoms with Crippen molar-refractivity contribution in [1.82, 2.24) is 25.5 Å². The number of hydrogen-bond donors (Lipinski definition) is 2. The van der Waals surface area contributed by atoms with E-state index in [2.05, 4.69) is 20.6 Å². The highest BCUT2D eigenvalue weighted by Gasteiger charge is 2.33. The molecule has 0 saturated heterocycles. The molecule has 3 aromatic rings. The molecule has 0 fully saturated rings. The predicted octanol–water partition coefficient (Wildman–Crippen LogP) is 4.38. The predicted molar refractivity (Wildman–Crippen MR) is 123 cm³/mol. The number of unbranched alkanes of at least 4 members (excludes halogenated alkanes) is 1. The molecule has 0 aliphatic rings. The number of ether oxygens (including phenoxy) is 1. The lowest BCUT2D eigenvalue weighted by Gasteiger charge is -2.30. The zero-order valence-corrected chi connectivity index (χ0v) is 19.1. The van der Waals surface area contributed by atoms with E-state index in [1.54, 1.807) is 13.8 Å². The number of rotatable bonds is 10. The molecule has 0 aliphatic carbocycles. The summed E-state index contributed by atoms with van der Waals surface area (Å²) in [6, 6.07) is 14.4. The van der Waals surface area contributed by atoms with Crippen molar-refractivity contribution in [3.8, 4) is 22.5 Å². The highest BCUT2D eigenvalue weighted by Crippen LogP contribution is 2.30.